The Morgan fingerprint density at radius 2 is 2.21 bits per heavy atom. The maximum absolute atomic E-state index is 11.9. The molecule has 2 rings (SSSR count). The molecule has 1 aromatic heterocycles. The van der Waals surface area contributed by atoms with Crippen LogP contribution in [0.3, 0.4) is 0 Å². The van der Waals surface area contributed by atoms with E-state index in [9.17, 15) is 15.0 Å². The number of aromatic nitrogens is 2. The van der Waals surface area contributed by atoms with E-state index in [1.54, 1.807) is 12.5 Å². The van der Waals surface area contributed by atoms with Crippen molar-refractivity contribution < 1.29 is 15.0 Å². The predicted molar refractivity (Wildman–Crippen MR) is 68.9 cm³/mol. The number of phenols is 2. The molecule has 0 aliphatic carbocycles. The van der Waals surface area contributed by atoms with Crippen LogP contribution < -0.4 is 5.32 Å². The summed E-state index contributed by atoms with van der Waals surface area (Å²) < 4.78 is 1.86. The molecule has 0 bridgehead atoms. The van der Waals surface area contributed by atoms with Gasteiger partial charge < -0.3 is 20.1 Å². The fraction of sp³-hybridized carbons (Fsp3) is 0.231. The molecule has 6 nitrogen and oxygen atoms in total. The lowest BCUT2D eigenvalue weighted by Gasteiger charge is -2.14. The van der Waals surface area contributed by atoms with Crippen LogP contribution in [-0.2, 0) is 6.54 Å². The van der Waals surface area contributed by atoms with Crippen molar-refractivity contribution in [3.05, 3.63) is 42.5 Å². The third-order valence-electron chi connectivity index (χ3n) is 2.66. The summed E-state index contributed by atoms with van der Waals surface area (Å²) in [5, 5.41) is 21.3. The lowest BCUT2D eigenvalue weighted by Crippen LogP contribution is -2.35. The molecule has 1 aromatic carbocycles. The average molecular weight is 261 g/mol. The molecule has 0 saturated carbocycles. The number of nitrogens with one attached hydrogen (secondary N) is 1. The lowest BCUT2D eigenvalue weighted by atomic mass is 10.1. The van der Waals surface area contributed by atoms with Crippen LogP contribution in [0.5, 0.6) is 11.5 Å². The summed E-state index contributed by atoms with van der Waals surface area (Å²) in [7, 11) is 0. The molecule has 19 heavy (non-hydrogen) atoms. The normalized spacial score (nSPS) is 12.1. The fourth-order valence-corrected chi connectivity index (χ4v) is 1.73. The van der Waals surface area contributed by atoms with Gasteiger partial charge in [0.05, 0.1) is 6.33 Å². The minimum absolute atomic E-state index is 0.0855. The number of phenolic OH excluding ortho intramolecular Hbond substituents is 2. The van der Waals surface area contributed by atoms with Crippen LogP contribution in [0.25, 0.3) is 0 Å². The van der Waals surface area contributed by atoms with Gasteiger partial charge in [0, 0.05) is 30.5 Å². The van der Waals surface area contributed by atoms with E-state index in [0.29, 0.717) is 12.1 Å². The second-order valence-corrected chi connectivity index (χ2v) is 4.34. The molecule has 0 fully saturated rings. The fourth-order valence-electron chi connectivity index (χ4n) is 1.73. The summed E-state index contributed by atoms with van der Waals surface area (Å²) in [4.78, 5) is 15.8. The molecule has 100 valence electrons. The van der Waals surface area contributed by atoms with Crippen LogP contribution in [0, 0.1) is 0 Å². The Bertz CT molecular complexity index is 567. The number of carbonyl (C=O) groups is 1. The van der Waals surface area contributed by atoms with Gasteiger partial charge in [-0.3, -0.25) is 4.79 Å². The van der Waals surface area contributed by atoms with Gasteiger partial charge in [0.2, 0.25) is 0 Å². The first-order chi connectivity index (χ1) is 9.06. The molecular weight excluding hydrogens is 246 g/mol. The Balaban J connectivity index is 1.98. The molecule has 1 heterocycles. The van der Waals surface area contributed by atoms with Crippen molar-refractivity contribution in [1.29, 1.82) is 0 Å². The van der Waals surface area contributed by atoms with Crippen molar-refractivity contribution in [2.45, 2.75) is 19.5 Å². The molecular formula is C13H15N3O3. The van der Waals surface area contributed by atoms with E-state index in [1.807, 2.05) is 17.7 Å². The Labute approximate surface area is 110 Å². The van der Waals surface area contributed by atoms with E-state index in [2.05, 4.69) is 10.3 Å². The summed E-state index contributed by atoms with van der Waals surface area (Å²) in [5.74, 6) is -0.860. The maximum atomic E-state index is 11.9. The number of carbonyl (C=O) groups excluding carboxylic acids is 1. The number of aromatic hydroxyl groups is 2. The molecule has 0 spiro atoms. The highest BCUT2D eigenvalue weighted by Gasteiger charge is 2.12. The molecule has 1 atom stereocenters. The van der Waals surface area contributed by atoms with Crippen molar-refractivity contribution in [3.63, 3.8) is 0 Å². The number of imidazole rings is 1. The van der Waals surface area contributed by atoms with Crippen LogP contribution >= 0.6 is 0 Å². The van der Waals surface area contributed by atoms with Crippen LogP contribution in [0.4, 0.5) is 0 Å². The number of nitrogens with zero attached hydrogens (tertiary/aromatic N) is 2. The third-order valence-corrected chi connectivity index (χ3v) is 2.66. The summed E-state index contributed by atoms with van der Waals surface area (Å²) >= 11 is 0. The van der Waals surface area contributed by atoms with E-state index in [0.717, 1.165) is 0 Å². The number of rotatable bonds is 4. The Morgan fingerprint density at radius 3 is 2.84 bits per heavy atom. The first kappa shape index (κ1) is 12.9. The van der Waals surface area contributed by atoms with E-state index >= 15 is 0 Å². The smallest absolute Gasteiger partial charge is 0.251 e. The highest BCUT2D eigenvalue weighted by Crippen LogP contribution is 2.24. The molecule has 6 heteroatoms. The molecule has 2 aromatic rings. The quantitative estimate of drug-likeness (QED) is 0.719. The topological polar surface area (TPSA) is 87.4 Å². The lowest BCUT2D eigenvalue weighted by molar-refractivity contribution is 0.0936. The summed E-state index contributed by atoms with van der Waals surface area (Å²) in [6.07, 6.45) is 5.16. The molecule has 1 amide bonds. The van der Waals surface area contributed by atoms with Crippen molar-refractivity contribution in [2.75, 3.05) is 0 Å². The highest BCUT2D eigenvalue weighted by molar-refractivity contribution is 5.95. The van der Waals surface area contributed by atoms with Crippen LogP contribution in [0.15, 0.2) is 36.9 Å². The molecule has 1 unspecified atom stereocenters. The average Bonchev–Trinajstić information content (AvgIpc) is 2.85. The van der Waals surface area contributed by atoms with E-state index in [4.69, 9.17) is 0 Å². The van der Waals surface area contributed by atoms with Crippen molar-refractivity contribution in [2.24, 2.45) is 0 Å². The second-order valence-electron chi connectivity index (χ2n) is 4.34. The van der Waals surface area contributed by atoms with Crippen molar-refractivity contribution in [1.82, 2.24) is 14.9 Å². The van der Waals surface area contributed by atoms with Gasteiger partial charge in [0.15, 0.2) is 11.5 Å². The van der Waals surface area contributed by atoms with Gasteiger partial charge in [-0.2, -0.15) is 0 Å². The van der Waals surface area contributed by atoms with Gasteiger partial charge in [0.25, 0.3) is 5.91 Å². The Morgan fingerprint density at radius 1 is 1.42 bits per heavy atom. The molecule has 0 saturated heterocycles. The van der Waals surface area contributed by atoms with E-state index in [-0.39, 0.29) is 23.4 Å². The predicted octanol–water partition coefficient (Wildman–Crippen LogP) is 1.11. The number of benzene rings is 1. The molecule has 0 aliphatic heterocycles. The van der Waals surface area contributed by atoms with E-state index in [1.165, 1.54) is 18.2 Å². The van der Waals surface area contributed by atoms with Gasteiger partial charge in [-0.15, -0.1) is 0 Å². The molecule has 3 N–H and O–H groups in total. The van der Waals surface area contributed by atoms with Crippen LogP contribution in [0.1, 0.15) is 17.3 Å². The number of hydrogen-bond donors (Lipinski definition) is 3. The van der Waals surface area contributed by atoms with Gasteiger partial charge in [-0.05, 0) is 25.1 Å². The van der Waals surface area contributed by atoms with Gasteiger partial charge >= 0.3 is 0 Å². The maximum Gasteiger partial charge on any atom is 0.251 e. The van der Waals surface area contributed by atoms with Crippen molar-refractivity contribution >= 4 is 5.91 Å². The summed E-state index contributed by atoms with van der Waals surface area (Å²) in [6.45, 7) is 2.48. The zero-order valence-electron chi connectivity index (χ0n) is 10.4. The summed E-state index contributed by atoms with van der Waals surface area (Å²) in [5.41, 5.74) is 0.299. The zero-order chi connectivity index (χ0) is 13.8. The summed E-state index contributed by atoms with van der Waals surface area (Å²) in [6, 6.07) is 3.88. The molecule has 0 radical (unpaired) electrons. The number of hydrogen-bond acceptors (Lipinski definition) is 4. The Hall–Kier alpha value is -2.50. The van der Waals surface area contributed by atoms with E-state index < -0.39 is 0 Å². The third kappa shape index (κ3) is 3.25. The largest absolute Gasteiger partial charge is 0.504 e. The first-order valence-electron chi connectivity index (χ1n) is 5.85. The van der Waals surface area contributed by atoms with Crippen LogP contribution in [0.2, 0.25) is 0 Å². The minimum atomic E-state index is -0.310. The molecule has 0 aliphatic rings. The zero-order valence-corrected chi connectivity index (χ0v) is 10.4. The van der Waals surface area contributed by atoms with Gasteiger partial charge in [-0.25, -0.2) is 4.98 Å². The Kier molecular flexibility index (Phi) is 3.70. The monoisotopic (exact) mass is 261 g/mol. The number of amides is 1. The highest BCUT2D eigenvalue weighted by atomic mass is 16.3. The van der Waals surface area contributed by atoms with Gasteiger partial charge in [-0.1, -0.05) is 0 Å². The van der Waals surface area contributed by atoms with Gasteiger partial charge in [0.1, 0.15) is 0 Å². The first-order valence-corrected chi connectivity index (χ1v) is 5.85. The standard InChI is InChI=1S/C13H15N3O3/c1-9(7-16-5-4-14-8-16)15-13(19)10-2-3-11(17)12(18)6-10/h2-6,8-9,17-18H,7H2,1H3,(H,15,19). The second kappa shape index (κ2) is 5.43. The van der Waals surface area contributed by atoms with Crippen molar-refractivity contribution in [3.8, 4) is 11.5 Å². The minimum Gasteiger partial charge on any atom is -0.504 e. The SMILES string of the molecule is CC(Cn1ccnc1)NC(=O)c1ccc(O)c(O)c1. The van der Waals surface area contributed by atoms with Crippen LogP contribution in [-0.4, -0.2) is 31.7 Å².